The second-order valence-electron chi connectivity index (χ2n) is 4.48. The maximum atomic E-state index is 12.2. The zero-order valence-electron chi connectivity index (χ0n) is 10.1. The summed E-state index contributed by atoms with van der Waals surface area (Å²) in [6.07, 6.45) is 2.05. The van der Waals surface area contributed by atoms with Crippen molar-refractivity contribution in [2.24, 2.45) is 11.7 Å². The summed E-state index contributed by atoms with van der Waals surface area (Å²) in [4.78, 5) is 14.1. The molecular formula is C13H18BrClN2O. The predicted octanol–water partition coefficient (Wildman–Crippen LogP) is 2.68. The largest absolute Gasteiger partial charge is 0.339 e. The molecule has 5 heteroatoms. The molecule has 1 fully saturated rings. The van der Waals surface area contributed by atoms with Crippen LogP contribution < -0.4 is 5.73 Å². The summed E-state index contributed by atoms with van der Waals surface area (Å²) in [6.45, 7) is 2.39. The molecule has 1 aromatic rings. The number of hydrogen-bond donors (Lipinski definition) is 1. The van der Waals surface area contributed by atoms with E-state index in [4.69, 9.17) is 5.73 Å². The molecule has 0 radical (unpaired) electrons. The minimum Gasteiger partial charge on any atom is -0.339 e. The SMILES string of the molecule is Cl.NCC1CCN(C(=O)c2cccc(Br)c2)CC1. The Balaban J connectivity index is 0.00000162. The van der Waals surface area contributed by atoms with Gasteiger partial charge >= 0.3 is 0 Å². The van der Waals surface area contributed by atoms with Gasteiger partial charge in [0.25, 0.3) is 5.91 Å². The second-order valence-corrected chi connectivity index (χ2v) is 5.40. The van der Waals surface area contributed by atoms with Crippen LogP contribution >= 0.6 is 28.3 Å². The van der Waals surface area contributed by atoms with Crippen LogP contribution in [0.4, 0.5) is 0 Å². The molecular weight excluding hydrogens is 316 g/mol. The normalized spacial score (nSPS) is 16.2. The van der Waals surface area contributed by atoms with Crippen LogP contribution in [-0.4, -0.2) is 30.4 Å². The Hall–Kier alpha value is -0.580. The van der Waals surface area contributed by atoms with Crippen molar-refractivity contribution in [3.8, 4) is 0 Å². The highest BCUT2D eigenvalue weighted by Crippen LogP contribution is 2.19. The number of nitrogens with two attached hydrogens (primary N) is 1. The van der Waals surface area contributed by atoms with Crippen LogP contribution in [0.2, 0.25) is 0 Å². The lowest BCUT2D eigenvalue weighted by Crippen LogP contribution is -2.40. The number of hydrogen-bond acceptors (Lipinski definition) is 2. The molecule has 18 heavy (non-hydrogen) atoms. The molecule has 0 aliphatic carbocycles. The zero-order valence-corrected chi connectivity index (χ0v) is 12.5. The summed E-state index contributed by atoms with van der Waals surface area (Å²) in [5.41, 5.74) is 6.40. The van der Waals surface area contributed by atoms with Crippen molar-refractivity contribution in [3.63, 3.8) is 0 Å². The summed E-state index contributed by atoms with van der Waals surface area (Å²) in [5.74, 6) is 0.711. The average Bonchev–Trinajstić information content (AvgIpc) is 2.38. The molecule has 0 bridgehead atoms. The highest BCUT2D eigenvalue weighted by atomic mass is 79.9. The zero-order chi connectivity index (χ0) is 12.3. The number of carbonyl (C=O) groups excluding carboxylic acids is 1. The van der Waals surface area contributed by atoms with Gasteiger partial charge < -0.3 is 10.6 Å². The third-order valence-electron chi connectivity index (χ3n) is 3.31. The van der Waals surface area contributed by atoms with E-state index in [9.17, 15) is 4.79 Å². The fourth-order valence-corrected chi connectivity index (χ4v) is 2.58. The molecule has 2 N–H and O–H groups in total. The minimum absolute atomic E-state index is 0. The summed E-state index contributed by atoms with van der Waals surface area (Å²) >= 11 is 3.39. The molecule has 1 aliphatic rings. The van der Waals surface area contributed by atoms with E-state index >= 15 is 0 Å². The molecule has 0 unspecified atom stereocenters. The maximum absolute atomic E-state index is 12.2. The molecule has 0 saturated carbocycles. The first-order valence-corrected chi connectivity index (χ1v) is 6.75. The molecule has 2 rings (SSSR count). The number of rotatable bonds is 2. The van der Waals surface area contributed by atoms with Gasteiger partial charge in [0, 0.05) is 23.1 Å². The molecule has 0 aromatic heterocycles. The summed E-state index contributed by atoms with van der Waals surface area (Å²) in [7, 11) is 0. The summed E-state index contributed by atoms with van der Waals surface area (Å²) < 4.78 is 0.945. The first-order valence-electron chi connectivity index (χ1n) is 5.95. The first-order chi connectivity index (χ1) is 8.20. The Bertz CT molecular complexity index is 406. The molecule has 1 aliphatic heterocycles. The van der Waals surface area contributed by atoms with Crippen LogP contribution in [0.1, 0.15) is 23.2 Å². The van der Waals surface area contributed by atoms with E-state index in [0.29, 0.717) is 5.92 Å². The fourth-order valence-electron chi connectivity index (χ4n) is 2.18. The predicted molar refractivity (Wildman–Crippen MR) is 79.1 cm³/mol. The number of halogens is 2. The molecule has 1 amide bonds. The first kappa shape index (κ1) is 15.5. The van der Waals surface area contributed by atoms with Gasteiger partial charge in [-0.2, -0.15) is 0 Å². The lowest BCUT2D eigenvalue weighted by Gasteiger charge is -2.31. The van der Waals surface area contributed by atoms with Crippen molar-refractivity contribution < 1.29 is 4.79 Å². The quantitative estimate of drug-likeness (QED) is 0.904. The standard InChI is InChI=1S/C13H17BrN2O.ClH/c14-12-3-1-2-11(8-12)13(17)16-6-4-10(9-15)5-7-16;/h1-3,8,10H,4-7,9,15H2;1H. The van der Waals surface area contributed by atoms with Gasteiger partial charge in [-0.1, -0.05) is 22.0 Å². The highest BCUT2D eigenvalue weighted by molar-refractivity contribution is 9.10. The van der Waals surface area contributed by atoms with Gasteiger partial charge in [0.05, 0.1) is 0 Å². The van der Waals surface area contributed by atoms with Crippen LogP contribution in [0.5, 0.6) is 0 Å². The lowest BCUT2D eigenvalue weighted by molar-refractivity contribution is 0.0693. The van der Waals surface area contributed by atoms with Crippen molar-refractivity contribution in [2.45, 2.75) is 12.8 Å². The van der Waals surface area contributed by atoms with Gasteiger partial charge in [0.2, 0.25) is 0 Å². The van der Waals surface area contributed by atoms with Crippen molar-refractivity contribution >= 4 is 34.2 Å². The number of benzene rings is 1. The van der Waals surface area contributed by atoms with E-state index in [2.05, 4.69) is 15.9 Å². The maximum Gasteiger partial charge on any atom is 0.253 e. The number of piperidine rings is 1. The summed E-state index contributed by atoms with van der Waals surface area (Å²) in [5, 5.41) is 0. The Morgan fingerprint density at radius 3 is 2.61 bits per heavy atom. The molecule has 0 spiro atoms. The number of nitrogens with zero attached hydrogens (tertiary/aromatic N) is 1. The smallest absolute Gasteiger partial charge is 0.253 e. The molecule has 0 atom stereocenters. The Morgan fingerprint density at radius 2 is 2.06 bits per heavy atom. The van der Waals surface area contributed by atoms with E-state index < -0.39 is 0 Å². The second kappa shape index (κ2) is 7.12. The topological polar surface area (TPSA) is 46.3 Å². The van der Waals surface area contributed by atoms with Crippen LogP contribution in [0.25, 0.3) is 0 Å². The van der Waals surface area contributed by atoms with Crippen molar-refractivity contribution in [3.05, 3.63) is 34.3 Å². The van der Waals surface area contributed by atoms with Crippen molar-refractivity contribution in [2.75, 3.05) is 19.6 Å². The molecule has 1 saturated heterocycles. The lowest BCUT2D eigenvalue weighted by atomic mass is 9.96. The molecule has 100 valence electrons. The Kier molecular flexibility index (Phi) is 6.12. The fraction of sp³-hybridized carbons (Fsp3) is 0.462. The average molecular weight is 334 g/mol. The van der Waals surface area contributed by atoms with Gasteiger partial charge in [-0.3, -0.25) is 4.79 Å². The number of carbonyl (C=O) groups is 1. The van der Waals surface area contributed by atoms with Gasteiger partial charge in [-0.15, -0.1) is 12.4 Å². The van der Waals surface area contributed by atoms with Gasteiger partial charge in [0.15, 0.2) is 0 Å². The molecule has 1 heterocycles. The number of likely N-dealkylation sites (tertiary alicyclic amines) is 1. The molecule has 1 aromatic carbocycles. The Morgan fingerprint density at radius 1 is 1.39 bits per heavy atom. The van der Waals surface area contributed by atoms with E-state index in [0.717, 1.165) is 42.5 Å². The van der Waals surface area contributed by atoms with E-state index in [1.807, 2.05) is 29.2 Å². The van der Waals surface area contributed by atoms with Gasteiger partial charge in [0.1, 0.15) is 0 Å². The third-order valence-corrected chi connectivity index (χ3v) is 3.80. The summed E-state index contributed by atoms with van der Waals surface area (Å²) in [6, 6.07) is 7.56. The van der Waals surface area contributed by atoms with E-state index in [1.165, 1.54) is 0 Å². The van der Waals surface area contributed by atoms with Crippen LogP contribution in [0, 0.1) is 5.92 Å². The van der Waals surface area contributed by atoms with Crippen molar-refractivity contribution in [1.82, 2.24) is 4.90 Å². The molecule has 3 nitrogen and oxygen atoms in total. The van der Waals surface area contributed by atoms with Crippen LogP contribution in [0.15, 0.2) is 28.7 Å². The monoisotopic (exact) mass is 332 g/mol. The number of amides is 1. The third kappa shape index (κ3) is 3.70. The Labute approximate surface area is 122 Å². The van der Waals surface area contributed by atoms with Gasteiger partial charge in [-0.25, -0.2) is 0 Å². The van der Waals surface area contributed by atoms with Gasteiger partial charge in [-0.05, 0) is 43.5 Å². The minimum atomic E-state index is 0. The van der Waals surface area contributed by atoms with Crippen molar-refractivity contribution in [1.29, 1.82) is 0 Å². The van der Waals surface area contributed by atoms with E-state index in [-0.39, 0.29) is 18.3 Å². The van der Waals surface area contributed by atoms with Crippen LogP contribution in [-0.2, 0) is 0 Å². The van der Waals surface area contributed by atoms with E-state index in [1.54, 1.807) is 0 Å². The highest BCUT2D eigenvalue weighted by Gasteiger charge is 2.22. The van der Waals surface area contributed by atoms with Crippen LogP contribution in [0.3, 0.4) is 0 Å².